The van der Waals surface area contributed by atoms with E-state index in [-0.39, 0.29) is 37.0 Å². The Labute approximate surface area is 173 Å². The fourth-order valence-electron chi connectivity index (χ4n) is 4.08. The molecule has 3 aliphatic rings. The first-order valence-electron chi connectivity index (χ1n) is 9.92. The fourth-order valence-corrected chi connectivity index (χ4v) is 4.08. The van der Waals surface area contributed by atoms with E-state index in [1.54, 1.807) is 29.2 Å². The number of imide groups is 1. The number of hydrogen-bond acceptors (Lipinski definition) is 6. The lowest BCUT2D eigenvalue weighted by Crippen LogP contribution is -2.41. The quantitative estimate of drug-likeness (QED) is 0.715. The molecule has 2 aromatic carbocycles. The van der Waals surface area contributed by atoms with E-state index < -0.39 is 0 Å². The van der Waals surface area contributed by atoms with E-state index in [0.29, 0.717) is 37.6 Å². The van der Waals surface area contributed by atoms with Crippen molar-refractivity contribution < 1.29 is 23.9 Å². The van der Waals surface area contributed by atoms with Crippen molar-refractivity contribution >= 4 is 29.1 Å². The van der Waals surface area contributed by atoms with Crippen molar-refractivity contribution in [1.82, 2.24) is 4.90 Å². The third-order valence-corrected chi connectivity index (χ3v) is 5.67. The van der Waals surface area contributed by atoms with Gasteiger partial charge >= 0.3 is 0 Å². The fraction of sp³-hybridized carbons (Fsp3) is 0.318. The summed E-state index contributed by atoms with van der Waals surface area (Å²) in [5.41, 5.74) is 2.70. The molecular weight excluding hydrogens is 386 g/mol. The Morgan fingerprint density at radius 2 is 1.57 bits per heavy atom. The number of amides is 3. The van der Waals surface area contributed by atoms with Crippen LogP contribution in [0.25, 0.3) is 0 Å². The Morgan fingerprint density at radius 1 is 0.900 bits per heavy atom. The molecule has 1 atom stereocenters. The summed E-state index contributed by atoms with van der Waals surface area (Å²) >= 11 is 0. The van der Waals surface area contributed by atoms with Crippen LogP contribution in [0, 0.1) is 0 Å². The van der Waals surface area contributed by atoms with Gasteiger partial charge in [-0.05, 0) is 36.4 Å². The van der Waals surface area contributed by atoms with Gasteiger partial charge < -0.3 is 19.3 Å². The van der Waals surface area contributed by atoms with E-state index in [2.05, 4.69) is 0 Å². The molecule has 0 spiro atoms. The first kappa shape index (κ1) is 18.8. The van der Waals surface area contributed by atoms with Crippen LogP contribution in [0.15, 0.2) is 48.5 Å². The van der Waals surface area contributed by atoms with Crippen molar-refractivity contribution in [3.63, 3.8) is 0 Å². The molecule has 30 heavy (non-hydrogen) atoms. The van der Waals surface area contributed by atoms with Crippen LogP contribution in [0.2, 0.25) is 0 Å². The second-order valence-corrected chi connectivity index (χ2v) is 7.52. The molecule has 0 N–H and O–H groups in total. The number of benzene rings is 2. The molecule has 8 heteroatoms. The second kappa shape index (κ2) is 7.55. The summed E-state index contributed by atoms with van der Waals surface area (Å²) in [6, 6.07) is 14.6. The highest BCUT2D eigenvalue weighted by Gasteiger charge is 2.38. The summed E-state index contributed by atoms with van der Waals surface area (Å²) in [4.78, 5) is 42.1. The van der Waals surface area contributed by atoms with Crippen LogP contribution in [0.1, 0.15) is 20.7 Å². The Hall–Kier alpha value is -3.23. The van der Waals surface area contributed by atoms with Gasteiger partial charge in [-0.2, -0.15) is 0 Å². The van der Waals surface area contributed by atoms with Crippen molar-refractivity contribution in [1.29, 1.82) is 0 Å². The highest BCUT2D eigenvalue weighted by Crippen LogP contribution is 2.27. The molecule has 0 aromatic heterocycles. The molecule has 3 aliphatic heterocycles. The lowest BCUT2D eigenvalue weighted by atomic mass is 10.1. The minimum atomic E-state index is -0.266. The second-order valence-electron chi connectivity index (χ2n) is 7.52. The van der Waals surface area contributed by atoms with Gasteiger partial charge in [0.25, 0.3) is 17.7 Å². The Kier molecular flexibility index (Phi) is 4.72. The third kappa shape index (κ3) is 3.24. The maximum atomic E-state index is 12.6. The monoisotopic (exact) mass is 407 g/mol. The molecule has 2 saturated heterocycles. The van der Waals surface area contributed by atoms with Gasteiger partial charge in [-0.15, -0.1) is 0 Å². The van der Waals surface area contributed by atoms with Gasteiger partial charge in [-0.25, -0.2) is 0 Å². The predicted octanol–water partition coefficient (Wildman–Crippen LogP) is 1.51. The lowest BCUT2D eigenvalue weighted by Gasteiger charge is -2.27. The normalized spacial score (nSPS) is 21.5. The average molecular weight is 407 g/mol. The number of fused-ring (bicyclic) bond motifs is 1. The zero-order chi connectivity index (χ0) is 20.7. The van der Waals surface area contributed by atoms with Gasteiger partial charge in [-0.1, -0.05) is 12.1 Å². The van der Waals surface area contributed by atoms with Gasteiger partial charge in [0.05, 0.1) is 30.4 Å². The standard InChI is InChI=1S/C22H21N3O5/c26-20-13-29-10-9-24(20)16-7-5-15(6-8-16)23-11-17(30-14-23)12-25-21(27)18-3-1-2-4-19(18)22(25)28/h1-8,17H,9-14H2/t17-/m1/s1. The zero-order valence-electron chi connectivity index (χ0n) is 16.3. The van der Waals surface area contributed by atoms with Crippen molar-refractivity contribution in [2.45, 2.75) is 6.10 Å². The van der Waals surface area contributed by atoms with Crippen molar-refractivity contribution in [2.24, 2.45) is 0 Å². The van der Waals surface area contributed by atoms with Crippen molar-refractivity contribution in [3.8, 4) is 0 Å². The largest absolute Gasteiger partial charge is 0.370 e. The van der Waals surface area contributed by atoms with E-state index in [4.69, 9.17) is 9.47 Å². The molecule has 8 nitrogen and oxygen atoms in total. The first-order chi connectivity index (χ1) is 14.6. The van der Waals surface area contributed by atoms with E-state index in [1.807, 2.05) is 29.2 Å². The van der Waals surface area contributed by atoms with E-state index in [1.165, 1.54) is 4.90 Å². The number of anilines is 2. The number of carbonyl (C=O) groups is 3. The molecule has 2 fully saturated rings. The number of morpholine rings is 1. The predicted molar refractivity (Wildman–Crippen MR) is 109 cm³/mol. The van der Waals surface area contributed by atoms with E-state index in [0.717, 1.165) is 11.4 Å². The highest BCUT2D eigenvalue weighted by atomic mass is 16.5. The average Bonchev–Trinajstić information content (AvgIpc) is 3.34. The Balaban J connectivity index is 1.23. The van der Waals surface area contributed by atoms with Gasteiger partial charge in [0.2, 0.25) is 0 Å². The lowest BCUT2D eigenvalue weighted by molar-refractivity contribution is -0.125. The molecule has 0 unspecified atom stereocenters. The van der Waals surface area contributed by atoms with Crippen LogP contribution in [-0.2, 0) is 14.3 Å². The SMILES string of the molecule is O=C1c2ccccc2C(=O)N1C[C@H]1CN(c2ccc(N3CCOCC3=O)cc2)CO1. The molecule has 0 bridgehead atoms. The molecule has 0 saturated carbocycles. The molecule has 0 aliphatic carbocycles. The van der Waals surface area contributed by atoms with Crippen molar-refractivity contribution in [3.05, 3.63) is 59.7 Å². The molecule has 3 heterocycles. The molecule has 0 radical (unpaired) electrons. The van der Waals surface area contributed by atoms with Crippen LogP contribution in [0.5, 0.6) is 0 Å². The van der Waals surface area contributed by atoms with E-state index in [9.17, 15) is 14.4 Å². The molecule has 154 valence electrons. The minimum Gasteiger partial charge on any atom is -0.370 e. The summed E-state index contributed by atoms with van der Waals surface area (Å²) in [6.07, 6.45) is -0.257. The summed E-state index contributed by atoms with van der Waals surface area (Å²) in [5, 5.41) is 0. The van der Waals surface area contributed by atoms with Crippen LogP contribution in [-0.4, -0.2) is 68.3 Å². The van der Waals surface area contributed by atoms with Crippen LogP contribution >= 0.6 is 0 Å². The van der Waals surface area contributed by atoms with Gasteiger partial charge in [0.15, 0.2) is 0 Å². The van der Waals surface area contributed by atoms with Gasteiger partial charge in [-0.3, -0.25) is 19.3 Å². The number of carbonyl (C=O) groups excluding carboxylic acids is 3. The zero-order valence-corrected chi connectivity index (χ0v) is 16.3. The van der Waals surface area contributed by atoms with Gasteiger partial charge in [0.1, 0.15) is 13.3 Å². The topological polar surface area (TPSA) is 79.4 Å². The summed E-state index contributed by atoms with van der Waals surface area (Å²) in [7, 11) is 0. The van der Waals surface area contributed by atoms with Crippen LogP contribution in [0.3, 0.4) is 0 Å². The number of ether oxygens (including phenoxy) is 2. The molecular formula is C22H21N3O5. The highest BCUT2D eigenvalue weighted by molar-refractivity contribution is 6.21. The van der Waals surface area contributed by atoms with Crippen LogP contribution in [0.4, 0.5) is 11.4 Å². The van der Waals surface area contributed by atoms with Crippen LogP contribution < -0.4 is 9.80 Å². The van der Waals surface area contributed by atoms with Crippen molar-refractivity contribution in [2.75, 3.05) is 49.4 Å². The third-order valence-electron chi connectivity index (χ3n) is 5.67. The molecule has 5 rings (SSSR count). The molecule has 2 aromatic rings. The Morgan fingerprint density at radius 3 is 2.23 bits per heavy atom. The smallest absolute Gasteiger partial charge is 0.261 e. The number of nitrogens with zero attached hydrogens (tertiary/aromatic N) is 3. The molecule has 3 amide bonds. The Bertz CT molecular complexity index is 971. The summed E-state index contributed by atoms with van der Waals surface area (Å²) in [5.74, 6) is -0.575. The summed E-state index contributed by atoms with van der Waals surface area (Å²) < 4.78 is 11.0. The maximum Gasteiger partial charge on any atom is 0.261 e. The maximum absolute atomic E-state index is 12.6. The van der Waals surface area contributed by atoms with E-state index >= 15 is 0 Å². The van der Waals surface area contributed by atoms with Gasteiger partial charge in [0, 0.05) is 24.5 Å². The minimum absolute atomic E-state index is 0.0421. The summed E-state index contributed by atoms with van der Waals surface area (Å²) in [6.45, 7) is 2.37. The number of rotatable bonds is 4. The number of hydrogen-bond donors (Lipinski definition) is 0. The first-order valence-corrected chi connectivity index (χ1v) is 9.92.